The fourth-order valence-corrected chi connectivity index (χ4v) is 3.35. The summed E-state index contributed by atoms with van der Waals surface area (Å²) in [6.45, 7) is 6.05. The molecule has 0 bridgehead atoms. The van der Waals surface area contributed by atoms with Crippen LogP contribution < -0.4 is 4.90 Å². The summed E-state index contributed by atoms with van der Waals surface area (Å²) in [5.41, 5.74) is 1.00. The van der Waals surface area contributed by atoms with Crippen molar-refractivity contribution < 1.29 is 0 Å². The smallest absolute Gasteiger partial charge is 0.137 e. The van der Waals surface area contributed by atoms with E-state index in [-0.39, 0.29) is 0 Å². The molecule has 18 heavy (non-hydrogen) atoms. The summed E-state index contributed by atoms with van der Waals surface area (Å²) in [7, 11) is 0. The number of hydrogen-bond donors (Lipinski definition) is 0. The lowest BCUT2D eigenvalue weighted by Gasteiger charge is -2.24. The molecule has 2 rings (SSSR count). The van der Waals surface area contributed by atoms with Crippen LogP contribution in [0, 0.1) is 13.8 Å². The van der Waals surface area contributed by atoms with Crippen LogP contribution in [0.1, 0.15) is 30.7 Å². The molecule has 100 valence electrons. The number of anilines is 1. The molecule has 0 amide bonds. The van der Waals surface area contributed by atoms with E-state index in [1.165, 1.54) is 19.3 Å². The third-order valence-electron chi connectivity index (χ3n) is 3.48. The van der Waals surface area contributed by atoms with Gasteiger partial charge in [-0.2, -0.15) is 11.8 Å². The van der Waals surface area contributed by atoms with E-state index >= 15 is 0 Å². The van der Waals surface area contributed by atoms with Crippen LogP contribution in [0.3, 0.4) is 0 Å². The summed E-state index contributed by atoms with van der Waals surface area (Å²) in [6, 6.07) is 0. The first-order valence-electron chi connectivity index (χ1n) is 6.40. The molecule has 1 aliphatic heterocycles. The monoisotopic (exact) mass is 285 g/mol. The highest BCUT2D eigenvalue weighted by Crippen LogP contribution is 2.28. The zero-order valence-corrected chi connectivity index (χ0v) is 12.8. The largest absolute Gasteiger partial charge is 0.356 e. The molecular weight excluding hydrogens is 266 g/mol. The van der Waals surface area contributed by atoms with Crippen molar-refractivity contribution in [2.75, 3.05) is 24.2 Å². The van der Waals surface area contributed by atoms with Crippen LogP contribution >= 0.6 is 23.4 Å². The highest BCUT2D eigenvalue weighted by atomic mass is 35.5. The molecule has 0 spiro atoms. The van der Waals surface area contributed by atoms with Gasteiger partial charge in [-0.1, -0.05) is 11.6 Å². The van der Waals surface area contributed by atoms with Crippen molar-refractivity contribution in [1.29, 1.82) is 0 Å². The minimum Gasteiger partial charge on any atom is -0.356 e. The van der Waals surface area contributed by atoms with Gasteiger partial charge in [-0.3, -0.25) is 0 Å². The van der Waals surface area contributed by atoms with Crippen molar-refractivity contribution in [3.05, 3.63) is 16.5 Å². The molecule has 1 fully saturated rings. The van der Waals surface area contributed by atoms with E-state index in [9.17, 15) is 0 Å². The van der Waals surface area contributed by atoms with Gasteiger partial charge in [0.2, 0.25) is 0 Å². The lowest BCUT2D eigenvalue weighted by Crippen LogP contribution is -2.26. The number of hydrogen-bond acceptors (Lipinski definition) is 4. The van der Waals surface area contributed by atoms with Crippen molar-refractivity contribution in [2.45, 2.75) is 38.4 Å². The van der Waals surface area contributed by atoms with Gasteiger partial charge in [-0.25, -0.2) is 9.97 Å². The third-order valence-corrected chi connectivity index (χ3v) is 4.99. The second kappa shape index (κ2) is 6.11. The summed E-state index contributed by atoms with van der Waals surface area (Å²) < 4.78 is 0. The quantitative estimate of drug-likeness (QED) is 0.778. The Labute approximate surface area is 118 Å². The van der Waals surface area contributed by atoms with E-state index in [4.69, 9.17) is 11.6 Å². The van der Waals surface area contributed by atoms with Crippen LogP contribution in [0.4, 0.5) is 5.82 Å². The maximum absolute atomic E-state index is 6.15. The Kier molecular flexibility index (Phi) is 4.73. The molecule has 0 radical (unpaired) electrons. The molecule has 1 aliphatic rings. The Morgan fingerprint density at radius 2 is 2.00 bits per heavy atom. The van der Waals surface area contributed by atoms with Crippen molar-refractivity contribution in [3.63, 3.8) is 0 Å². The lowest BCUT2D eigenvalue weighted by molar-refractivity contribution is 0.745. The maximum atomic E-state index is 6.15. The van der Waals surface area contributed by atoms with E-state index < -0.39 is 0 Å². The van der Waals surface area contributed by atoms with E-state index in [0.29, 0.717) is 5.15 Å². The van der Waals surface area contributed by atoms with Crippen molar-refractivity contribution in [1.82, 2.24) is 9.97 Å². The van der Waals surface area contributed by atoms with Gasteiger partial charge in [-0.15, -0.1) is 0 Å². The van der Waals surface area contributed by atoms with Crippen LogP contribution in [0.2, 0.25) is 5.15 Å². The van der Waals surface area contributed by atoms with Crippen LogP contribution in [-0.2, 0) is 0 Å². The lowest BCUT2D eigenvalue weighted by atomic mass is 10.2. The summed E-state index contributed by atoms with van der Waals surface area (Å²) in [6.07, 6.45) is 5.96. The highest BCUT2D eigenvalue weighted by molar-refractivity contribution is 7.99. The summed E-state index contributed by atoms with van der Waals surface area (Å²) in [5, 5.41) is 1.37. The van der Waals surface area contributed by atoms with Crippen molar-refractivity contribution in [2.24, 2.45) is 0 Å². The summed E-state index contributed by atoms with van der Waals surface area (Å²) >= 11 is 8.13. The van der Waals surface area contributed by atoms with Gasteiger partial charge in [0, 0.05) is 23.9 Å². The zero-order chi connectivity index (χ0) is 13.1. The molecule has 5 heteroatoms. The highest BCUT2D eigenvalue weighted by Gasteiger charge is 2.20. The topological polar surface area (TPSA) is 29.0 Å². The van der Waals surface area contributed by atoms with Crippen molar-refractivity contribution >= 4 is 29.2 Å². The van der Waals surface area contributed by atoms with Gasteiger partial charge >= 0.3 is 0 Å². The number of nitrogens with zero attached hydrogens (tertiary/aromatic N) is 3. The summed E-state index contributed by atoms with van der Waals surface area (Å²) in [4.78, 5) is 11.1. The zero-order valence-electron chi connectivity index (χ0n) is 11.2. The average molecular weight is 286 g/mol. The predicted molar refractivity (Wildman–Crippen MR) is 79.9 cm³/mol. The predicted octanol–water partition coefficient (Wildman–Crippen LogP) is 3.47. The molecule has 1 saturated heterocycles. The first kappa shape index (κ1) is 13.9. The van der Waals surface area contributed by atoms with Gasteiger partial charge in [0.1, 0.15) is 16.8 Å². The molecule has 2 heterocycles. The van der Waals surface area contributed by atoms with E-state index in [2.05, 4.69) is 21.1 Å². The average Bonchev–Trinajstić information content (AvgIpc) is 2.59. The Hall–Kier alpha value is -0.480. The second-order valence-electron chi connectivity index (χ2n) is 4.79. The SMILES string of the molecule is CSC1CCCN(c2nc(C)nc(Cl)c2C)CC1. The van der Waals surface area contributed by atoms with Crippen molar-refractivity contribution in [3.8, 4) is 0 Å². The molecule has 1 unspecified atom stereocenters. The Balaban J connectivity index is 2.21. The Morgan fingerprint density at radius 1 is 1.22 bits per heavy atom. The summed E-state index contributed by atoms with van der Waals surface area (Å²) in [5.74, 6) is 1.78. The van der Waals surface area contributed by atoms with Crippen LogP contribution in [-0.4, -0.2) is 34.6 Å². The van der Waals surface area contributed by atoms with Crippen LogP contribution in [0.25, 0.3) is 0 Å². The fourth-order valence-electron chi connectivity index (χ4n) is 2.40. The molecule has 1 aromatic rings. The number of halogens is 1. The normalized spacial score (nSPS) is 20.9. The van der Waals surface area contributed by atoms with Gasteiger partial charge < -0.3 is 4.90 Å². The van der Waals surface area contributed by atoms with Gasteiger partial charge in [0.05, 0.1) is 0 Å². The first-order valence-corrected chi connectivity index (χ1v) is 8.07. The Bertz CT molecular complexity index is 425. The van der Waals surface area contributed by atoms with Crippen LogP contribution in [0.5, 0.6) is 0 Å². The number of rotatable bonds is 2. The maximum Gasteiger partial charge on any atom is 0.137 e. The third kappa shape index (κ3) is 3.09. The molecule has 1 atom stereocenters. The minimum atomic E-state index is 0.586. The molecule has 3 nitrogen and oxygen atoms in total. The van der Waals surface area contributed by atoms with E-state index in [0.717, 1.165) is 35.5 Å². The number of aryl methyl sites for hydroxylation is 1. The van der Waals surface area contributed by atoms with Gasteiger partial charge in [0.15, 0.2) is 0 Å². The van der Waals surface area contributed by atoms with Gasteiger partial charge in [-0.05, 0) is 39.4 Å². The Morgan fingerprint density at radius 3 is 2.72 bits per heavy atom. The standard InChI is InChI=1S/C13H20ClN3S/c1-9-12(14)15-10(2)16-13(9)17-7-4-5-11(18-3)6-8-17/h11H,4-8H2,1-3H3. The van der Waals surface area contributed by atoms with E-state index in [1.807, 2.05) is 25.6 Å². The molecule has 1 aromatic heterocycles. The van der Waals surface area contributed by atoms with E-state index in [1.54, 1.807) is 0 Å². The molecule has 0 aromatic carbocycles. The number of thioether (sulfide) groups is 1. The molecular formula is C13H20ClN3S. The fraction of sp³-hybridized carbons (Fsp3) is 0.692. The molecule has 0 saturated carbocycles. The molecule has 0 aliphatic carbocycles. The van der Waals surface area contributed by atoms with Crippen LogP contribution in [0.15, 0.2) is 0 Å². The first-order chi connectivity index (χ1) is 8.61. The number of aromatic nitrogens is 2. The van der Waals surface area contributed by atoms with Gasteiger partial charge in [0.25, 0.3) is 0 Å². The second-order valence-corrected chi connectivity index (χ2v) is 6.28. The molecule has 0 N–H and O–H groups in total. The minimum absolute atomic E-state index is 0.586.